The van der Waals surface area contributed by atoms with Gasteiger partial charge in [0, 0.05) is 0 Å². The van der Waals surface area contributed by atoms with Crippen LogP contribution in [0.4, 0.5) is 0 Å². The van der Waals surface area contributed by atoms with E-state index >= 15 is 0 Å². The van der Waals surface area contributed by atoms with E-state index in [1.165, 1.54) is 0 Å². The largest absolute Gasteiger partial charge is 0.481 e. The first-order valence-corrected chi connectivity index (χ1v) is 5.09. The van der Waals surface area contributed by atoms with Gasteiger partial charge in [-0.3, -0.25) is 4.79 Å². The average Bonchev–Trinajstić information content (AvgIpc) is 1.95. The van der Waals surface area contributed by atoms with Gasteiger partial charge >= 0.3 is 5.97 Å². The summed E-state index contributed by atoms with van der Waals surface area (Å²) in [4.78, 5) is 10.9. The summed E-state index contributed by atoms with van der Waals surface area (Å²) in [5.41, 5.74) is 0.122. The van der Waals surface area contributed by atoms with Crippen molar-refractivity contribution in [1.82, 2.24) is 0 Å². The molecule has 0 amide bonds. The van der Waals surface area contributed by atoms with Gasteiger partial charge in [-0.25, -0.2) is 0 Å². The van der Waals surface area contributed by atoms with Gasteiger partial charge in [-0.15, -0.1) is 0 Å². The van der Waals surface area contributed by atoms with Crippen molar-refractivity contribution in [3.05, 3.63) is 0 Å². The maximum Gasteiger partial charge on any atom is 0.306 e. The monoisotopic (exact) mass is 186 g/mol. The molecule has 1 atom stereocenters. The van der Waals surface area contributed by atoms with Gasteiger partial charge in [0.05, 0.1) is 5.92 Å². The van der Waals surface area contributed by atoms with Gasteiger partial charge in [0.2, 0.25) is 0 Å². The number of hydrogen-bond acceptors (Lipinski definition) is 1. The van der Waals surface area contributed by atoms with Crippen LogP contribution in [0.2, 0.25) is 0 Å². The zero-order valence-electron chi connectivity index (χ0n) is 9.26. The fourth-order valence-corrected chi connectivity index (χ4v) is 1.50. The van der Waals surface area contributed by atoms with Crippen LogP contribution in [0.5, 0.6) is 0 Å². The summed E-state index contributed by atoms with van der Waals surface area (Å²) in [7, 11) is 0. The van der Waals surface area contributed by atoms with Gasteiger partial charge in [-0.2, -0.15) is 0 Å². The number of aliphatic carboxylic acids is 1. The zero-order valence-corrected chi connectivity index (χ0v) is 9.26. The van der Waals surface area contributed by atoms with Crippen molar-refractivity contribution >= 4 is 5.97 Å². The predicted octanol–water partition coefficient (Wildman–Crippen LogP) is 3.31. The third-order valence-corrected chi connectivity index (χ3v) is 2.11. The second-order valence-electron chi connectivity index (χ2n) is 4.94. The van der Waals surface area contributed by atoms with E-state index < -0.39 is 5.97 Å². The first-order chi connectivity index (χ1) is 5.87. The highest BCUT2D eigenvalue weighted by atomic mass is 16.4. The van der Waals surface area contributed by atoms with Crippen LogP contribution < -0.4 is 0 Å². The topological polar surface area (TPSA) is 37.3 Å². The standard InChI is InChI=1S/C11H22O2/c1-5-6-7-9(10(12)13)8-11(2,3)4/h9H,5-8H2,1-4H3,(H,12,13). The molecule has 13 heavy (non-hydrogen) atoms. The summed E-state index contributed by atoms with van der Waals surface area (Å²) in [6, 6.07) is 0. The minimum absolute atomic E-state index is 0.122. The van der Waals surface area contributed by atoms with Crippen LogP contribution in [0.25, 0.3) is 0 Å². The molecule has 1 unspecified atom stereocenters. The van der Waals surface area contributed by atoms with Crippen molar-refractivity contribution in [3.8, 4) is 0 Å². The van der Waals surface area contributed by atoms with Gasteiger partial charge in [-0.05, 0) is 18.3 Å². The lowest BCUT2D eigenvalue weighted by atomic mass is 9.82. The van der Waals surface area contributed by atoms with Crippen molar-refractivity contribution in [2.45, 2.75) is 53.4 Å². The SMILES string of the molecule is CCCCC(CC(C)(C)C)C(=O)O. The first-order valence-electron chi connectivity index (χ1n) is 5.09. The molecule has 0 radical (unpaired) electrons. The highest BCUT2D eigenvalue weighted by Crippen LogP contribution is 2.27. The summed E-state index contributed by atoms with van der Waals surface area (Å²) in [6.45, 7) is 8.37. The van der Waals surface area contributed by atoms with E-state index in [-0.39, 0.29) is 11.3 Å². The lowest BCUT2D eigenvalue weighted by Crippen LogP contribution is -2.20. The molecule has 0 aromatic heterocycles. The van der Waals surface area contributed by atoms with Gasteiger partial charge in [-0.1, -0.05) is 40.5 Å². The molecular weight excluding hydrogens is 164 g/mol. The second kappa shape index (κ2) is 5.25. The molecule has 2 nitrogen and oxygen atoms in total. The van der Waals surface area contributed by atoms with Crippen LogP contribution in [0.1, 0.15) is 53.4 Å². The molecule has 78 valence electrons. The Hall–Kier alpha value is -0.530. The van der Waals surface area contributed by atoms with E-state index in [4.69, 9.17) is 5.11 Å². The van der Waals surface area contributed by atoms with E-state index in [0.717, 1.165) is 25.7 Å². The van der Waals surface area contributed by atoms with E-state index in [1.54, 1.807) is 0 Å². The third kappa shape index (κ3) is 6.62. The van der Waals surface area contributed by atoms with Crippen molar-refractivity contribution in [2.24, 2.45) is 11.3 Å². The minimum Gasteiger partial charge on any atom is -0.481 e. The Morgan fingerprint density at radius 2 is 1.92 bits per heavy atom. The zero-order chi connectivity index (χ0) is 10.5. The molecule has 2 heteroatoms. The van der Waals surface area contributed by atoms with Crippen molar-refractivity contribution < 1.29 is 9.90 Å². The van der Waals surface area contributed by atoms with Crippen LogP contribution in [0, 0.1) is 11.3 Å². The van der Waals surface area contributed by atoms with Crippen LogP contribution >= 0.6 is 0 Å². The molecular formula is C11H22O2. The van der Waals surface area contributed by atoms with E-state index in [1.807, 2.05) is 0 Å². The third-order valence-electron chi connectivity index (χ3n) is 2.11. The molecule has 0 rings (SSSR count). The van der Waals surface area contributed by atoms with Gasteiger partial charge in [0.25, 0.3) is 0 Å². The van der Waals surface area contributed by atoms with Gasteiger partial charge in [0.1, 0.15) is 0 Å². The summed E-state index contributed by atoms with van der Waals surface area (Å²) < 4.78 is 0. The van der Waals surface area contributed by atoms with Crippen LogP contribution in [0.3, 0.4) is 0 Å². The molecule has 0 saturated heterocycles. The lowest BCUT2D eigenvalue weighted by Gasteiger charge is -2.23. The molecule has 0 aliphatic carbocycles. The Balaban J connectivity index is 4.03. The molecule has 0 fully saturated rings. The number of carboxylic acid groups (broad SMARTS) is 1. The maximum atomic E-state index is 10.9. The van der Waals surface area contributed by atoms with Crippen molar-refractivity contribution in [1.29, 1.82) is 0 Å². The maximum absolute atomic E-state index is 10.9. The summed E-state index contributed by atoms with van der Waals surface area (Å²) in [6.07, 6.45) is 3.70. The molecule has 0 heterocycles. The normalized spacial score (nSPS) is 14.2. The number of carboxylic acids is 1. The molecule has 0 saturated carbocycles. The number of hydrogen-bond donors (Lipinski definition) is 1. The molecule has 0 bridgehead atoms. The fourth-order valence-electron chi connectivity index (χ4n) is 1.50. The highest BCUT2D eigenvalue weighted by molar-refractivity contribution is 5.69. The number of rotatable bonds is 5. The van der Waals surface area contributed by atoms with Crippen LogP contribution in [-0.2, 0) is 4.79 Å². The van der Waals surface area contributed by atoms with Crippen LogP contribution in [-0.4, -0.2) is 11.1 Å². The van der Waals surface area contributed by atoms with Gasteiger partial charge in [0.15, 0.2) is 0 Å². The molecule has 0 aromatic carbocycles. The Bertz CT molecular complexity index is 156. The summed E-state index contributed by atoms with van der Waals surface area (Å²) in [5.74, 6) is -0.789. The summed E-state index contributed by atoms with van der Waals surface area (Å²) in [5, 5.41) is 8.96. The first kappa shape index (κ1) is 12.5. The molecule has 0 aliphatic heterocycles. The predicted molar refractivity (Wildman–Crippen MR) is 54.7 cm³/mol. The Morgan fingerprint density at radius 1 is 1.38 bits per heavy atom. The van der Waals surface area contributed by atoms with Crippen LogP contribution in [0.15, 0.2) is 0 Å². The fraction of sp³-hybridized carbons (Fsp3) is 0.909. The van der Waals surface area contributed by atoms with E-state index in [0.29, 0.717) is 0 Å². The molecule has 1 N–H and O–H groups in total. The molecule has 0 aromatic rings. The van der Waals surface area contributed by atoms with Crippen molar-refractivity contribution in [3.63, 3.8) is 0 Å². The second-order valence-corrected chi connectivity index (χ2v) is 4.94. The summed E-state index contributed by atoms with van der Waals surface area (Å²) >= 11 is 0. The van der Waals surface area contributed by atoms with E-state index in [9.17, 15) is 4.79 Å². The molecule has 0 aliphatic rings. The lowest BCUT2D eigenvalue weighted by molar-refractivity contribution is -0.143. The number of carbonyl (C=O) groups is 1. The quantitative estimate of drug-likeness (QED) is 0.715. The Kier molecular flexibility index (Phi) is 5.04. The van der Waals surface area contributed by atoms with E-state index in [2.05, 4.69) is 27.7 Å². The smallest absolute Gasteiger partial charge is 0.306 e. The number of unbranched alkanes of at least 4 members (excludes halogenated alkanes) is 1. The minimum atomic E-state index is -0.636. The van der Waals surface area contributed by atoms with Crippen molar-refractivity contribution in [2.75, 3.05) is 0 Å². The van der Waals surface area contributed by atoms with Gasteiger partial charge < -0.3 is 5.11 Å². The Labute approximate surface area is 81.3 Å². The average molecular weight is 186 g/mol. The molecule has 0 spiro atoms. The highest BCUT2D eigenvalue weighted by Gasteiger charge is 2.23. The Morgan fingerprint density at radius 3 is 2.23 bits per heavy atom.